The zero-order valence-corrected chi connectivity index (χ0v) is 15.3. The minimum absolute atomic E-state index is 0.239. The molecule has 3 aromatic carbocycles. The van der Waals surface area contributed by atoms with Gasteiger partial charge in [-0.3, -0.25) is 4.99 Å². The van der Waals surface area contributed by atoms with Gasteiger partial charge in [0, 0.05) is 16.6 Å². The van der Waals surface area contributed by atoms with Crippen molar-refractivity contribution < 1.29 is 0 Å². The number of aryl methyl sites for hydroxylation is 1. The van der Waals surface area contributed by atoms with Crippen LogP contribution in [0.4, 0.5) is 5.69 Å². The highest BCUT2D eigenvalue weighted by molar-refractivity contribution is 6.30. The number of para-hydroxylation sites is 1. The first-order valence-corrected chi connectivity index (χ1v) is 9.36. The summed E-state index contributed by atoms with van der Waals surface area (Å²) in [5.74, 6) is 1.27. The van der Waals surface area contributed by atoms with Crippen molar-refractivity contribution in [3.8, 4) is 0 Å². The average Bonchev–Trinajstić information content (AvgIpc) is 2.87. The van der Waals surface area contributed by atoms with Crippen molar-refractivity contribution in [3.05, 3.63) is 101 Å². The van der Waals surface area contributed by atoms with E-state index in [1.54, 1.807) is 0 Å². The van der Waals surface area contributed by atoms with Gasteiger partial charge >= 0.3 is 0 Å². The molecule has 0 bridgehead atoms. The van der Waals surface area contributed by atoms with Gasteiger partial charge < -0.3 is 5.32 Å². The normalized spacial score (nSPS) is 18.0. The molecule has 2 nitrogen and oxygen atoms in total. The van der Waals surface area contributed by atoms with Crippen LogP contribution in [0.15, 0.2) is 83.9 Å². The lowest BCUT2D eigenvalue weighted by molar-refractivity contribution is 0.770. The number of hydrogen-bond donors (Lipinski definition) is 1. The molecular formula is C23H21ClN2. The van der Waals surface area contributed by atoms with Crippen molar-refractivity contribution in [3.63, 3.8) is 0 Å². The number of fused-ring (bicyclic) bond motifs is 1. The minimum atomic E-state index is 0.239. The molecule has 1 aliphatic rings. The lowest BCUT2D eigenvalue weighted by Gasteiger charge is -2.18. The summed E-state index contributed by atoms with van der Waals surface area (Å²) in [7, 11) is 0. The lowest BCUT2D eigenvalue weighted by atomic mass is 9.92. The molecule has 0 fully saturated rings. The Morgan fingerprint density at radius 1 is 0.885 bits per heavy atom. The Bertz CT molecular complexity index is 901. The van der Waals surface area contributed by atoms with Crippen LogP contribution in [0.5, 0.6) is 0 Å². The first kappa shape index (κ1) is 16.9. The summed E-state index contributed by atoms with van der Waals surface area (Å²) in [5.41, 5.74) is 4.97. The van der Waals surface area contributed by atoms with Crippen LogP contribution in [0.3, 0.4) is 0 Å². The van der Waals surface area contributed by atoms with Crippen molar-refractivity contribution in [2.45, 2.75) is 25.3 Å². The van der Waals surface area contributed by atoms with Crippen LogP contribution >= 0.6 is 11.6 Å². The number of nitrogens with zero attached hydrogens (tertiary/aromatic N) is 1. The molecule has 3 heteroatoms. The predicted molar refractivity (Wildman–Crippen MR) is 110 cm³/mol. The van der Waals surface area contributed by atoms with Gasteiger partial charge in [-0.2, -0.15) is 0 Å². The number of rotatable bonds is 3. The number of aliphatic imine (C=N–C) groups is 1. The zero-order chi connectivity index (χ0) is 17.8. The van der Waals surface area contributed by atoms with Crippen molar-refractivity contribution in [2.75, 3.05) is 5.32 Å². The lowest BCUT2D eigenvalue weighted by Crippen LogP contribution is -2.20. The zero-order valence-electron chi connectivity index (χ0n) is 14.5. The third-order valence-corrected chi connectivity index (χ3v) is 5.11. The van der Waals surface area contributed by atoms with Gasteiger partial charge in [0.25, 0.3) is 0 Å². The summed E-state index contributed by atoms with van der Waals surface area (Å²) in [4.78, 5) is 4.97. The summed E-state index contributed by atoms with van der Waals surface area (Å²) in [5, 5.41) is 4.38. The molecule has 0 aliphatic carbocycles. The third-order valence-electron chi connectivity index (χ3n) is 4.86. The number of halogens is 1. The molecule has 0 aromatic heterocycles. The van der Waals surface area contributed by atoms with E-state index < -0.39 is 0 Å². The van der Waals surface area contributed by atoms with Gasteiger partial charge in [0.1, 0.15) is 5.84 Å². The fourth-order valence-corrected chi connectivity index (χ4v) is 3.58. The van der Waals surface area contributed by atoms with E-state index in [1.165, 1.54) is 16.7 Å². The Morgan fingerprint density at radius 2 is 1.62 bits per heavy atom. The molecule has 4 rings (SSSR count). The van der Waals surface area contributed by atoms with E-state index in [0.29, 0.717) is 6.54 Å². The summed E-state index contributed by atoms with van der Waals surface area (Å²) in [6.07, 6.45) is 2.06. The smallest absolute Gasteiger partial charge is 0.109 e. The maximum atomic E-state index is 6.09. The first-order valence-electron chi connectivity index (χ1n) is 8.98. The average molecular weight is 361 g/mol. The first-order chi connectivity index (χ1) is 12.8. The quantitative estimate of drug-likeness (QED) is 0.601. The maximum absolute atomic E-state index is 6.09. The second-order valence-electron chi connectivity index (χ2n) is 6.61. The molecule has 0 amide bonds. The fraction of sp³-hybridized carbons (Fsp3) is 0.174. The molecule has 1 aliphatic heterocycles. The number of amidine groups is 1. The molecule has 1 N–H and O–H groups in total. The monoisotopic (exact) mass is 360 g/mol. The van der Waals surface area contributed by atoms with E-state index in [9.17, 15) is 0 Å². The fourth-order valence-electron chi connectivity index (χ4n) is 3.45. The standard InChI is InChI=1S/C23H21ClN2/c24-20-13-10-18(11-14-20)21-15-12-19-8-4-5-9-22(19)26-23(21)25-16-17-6-2-1-3-7-17/h1-11,13-14,21H,12,15-16H2,(H,25,26). The van der Waals surface area contributed by atoms with Crippen LogP contribution in [0.25, 0.3) is 0 Å². The molecule has 0 saturated heterocycles. The van der Waals surface area contributed by atoms with Crippen LogP contribution < -0.4 is 5.32 Å². The molecule has 0 spiro atoms. The highest BCUT2D eigenvalue weighted by atomic mass is 35.5. The maximum Gasteiger partial charge on any atom is 0.109 e. The van der Waals surface area contributed by atoms with Crippen LogP contribution in [-0.4, -0.2) is 5.84 Å². The Hall–Kier alpha value is -2.58. The summed E-state index contributed by atoms with van der Waals surface area (Å²) < 4.78 is 0. The second-order valence-corrected chi connectivity index (χ2v) is 7.05. The number of anilines is 1. The molecule has 0 radical (unpaired) electrons. The molecule has 130 valence electrons. The van der Waals surface area contributed by atoms with Crippen LogP contribution in [0, 0.1) is 0 Å². The Kier molecular flexibility index (Phi) is 5.03. The second kappa shape index (κ2) is 7.76. The number of benzene rings is 3. The van der Waals surface area contributed by atoms with Gasteiger partial charge in [0.05, 0.1) is 6.54 Å². The Morgan fingerprint density at radius 3 is 2.42 bits per heavy atom. The molecule has 3 aromatic rings. The molecule has 1 unspecified atom stereocenters. The number of nitrogens with one attached hydrogen (secondary N) is 1. The minimum Gasteiger partial charge on any atom is -0.343 e. The summed E-state index contributed by atoms with van der Waals surface area (Å²) >= 11 is 6.09. The largest absolute Gasteiger partial charge is 0.343 e. The molecule has 1 heterocycles. The van der Waals surface area contributed by atoms with E-state index >= 15 is 0 Å². The van der Waals surface area contributed by atoms with Crippen LogP contribution in [0.2, 0.25) is 5.02 Å². The molecule has 26 heavy (non-hydrogen) atoms. The van der Waals surface area contributed by atoms with Gasteiger partial charge in [-0.25, -0.2) is 0 Å². The van der Waals surface area contributed by atoms with Gasteiger partial charge in [-0.15, -0.1) is 0 Å². The van der Waals surface area contributed by atoms with Crippen molar-refractivity contribution >= 4 is 23.1 Å². The highest BCUT2D eigenvalue weighted by Crippen LogP contribution is 2.31. The number of hydrogen-bond acceptors (Lipinski definition) is 1. The highest BCUT2D eigenvalue weighted by Gasteiger charge is 2.23. The Labute approximate surface area is 159 Å². The molecular weight excluding hydrogens is 340 g/mol. The van der Waals surface area contributed by atoms with Crippen molar-refractivity contribution in [1.29, 1.82) is 0 Å². The van der Waals surface area contributed by atoms with E-state index in [1.807, 2.05) is 18.2 Å². The molecule has 0 saturated carbocycles. The SMILES string of the molecule is Clc1ccc(C2CCc3ccccc3NC2=NCc2ccccc2)cc1. The third kappa shape index (κ3) is 3.81. The van der Waals surface area contributed by atoms with Crippen molar-refractivity contribution in [1.82, 2.24) is 0 Å². The van der Waals surface area contributed by atoms with Gasteiger partial charge in [-0.1, -0.05) is 72.3 Å². The van der Waals surface area contributed by atoms with E-state index in [2.05, 4.69) is 66.0 Å². The van der Waals surface area contributed by atoms with Crippen LogP contribution in [-0.2, 0) is 13.0 Å². The van der Waals surface area contributed by atoms with E-state index in [0.717, 1.165) is 29.4 Å². The van der Waals surface area contributed by atoms with Gasteiger partial charge in [-0.05, 0) is 47.7 Å². The molecule has 1 atom stereocenters. The summed E-state index contributed by atoms with van der Waals surface area (Å²) in [6.45, 7) is 0.676. The predicted octanol–water partition coefficient (Wildman–Crippen LogP) is 6.08. The van der Waals surface area contributed by atoms with E-state index in [-0.39, 0.29) is 5.92 Å². The summed E-state index contributed by atoms with van der Waals surface area (Å²) in [6, 6.07) is 27.0. The topological polar surface area (TPSA) is 24.4 Å². The van der Waals surface area contributed by atoms with Gasteiger partial charge in [0.15, 0.2) is 0 Å². The Balaban J connectivity index is 1.69. The van der Waals surface area contributed by atoms with Crippen molar-refractivity contribution in [2.24, 2.45) is 4.99 Å². The van der Waals surface area contributed by atoms with Gasteiger partial charge in [0.2, 0.25) is 0 Å². The van der Waals surface area contributed by atoms with Crippen LogP contribution in [0.1, 0.15) is 29.0 Å². The van der Waals surface area contributed by atoms with E-state index in [4.69, 9.17) is 16.6 Å².